The number of nitrogens with one attached hydrogen (secondary N) is 1. The highest BCUT2D eigenvalue weighted by molar-refractivity contribution is 8.01. The van der Waals surface area contributed by atoms with Crippen LogP contribution in [0.4, 0.5) is 25.0 Å². The topological polar surface area (TPSA) is 52.7 Å². The number of amides is 3. The quantitative estimate of drug-likeness (QED) is 0.525. The van der Waals surface area contributed by atoms with Crippen LogP contribution in [0.1, 0.15) is 11.1 Å². The minimum Gasteiger partial charge on any atom is -0.308 e. The maximum Gasteiger partial charge on any atom is 0.323 e. The summed E-state index contributed by atoms with van der Waals surface area (Å²) in [5, 5.41) is 3.28. The van der Waals surface area contributed by atoms with Crippen molar-refractivity contribution in [1.82, 2.24) is 4.90 Å². The SMILES string of the molecule is O=C(Nc1cccc(Cl)c1)N1CCS[C@@]12C(=O)N(Cc1c(F)cccc1F)c1ccccc12. The molecule has 33 heavy (non-hydrogen) atoms. The number of rotatable bonds is 3. The average Bonchev–Trinajstić information content (AvgIpc) is 3.33. The zero-order valence-corrected chi connectivity index (χ0v) is 18.8. The van der Waals surface area contributed by atoms with Crippen LogP contribution in [0, 0.1) is 11.6 Å². The second kappa shape index (κ2) is 8.35. The molecule has 0 aliphatic carbocycles. The number of halogens is 3. The van der Waals surface area contributed by atoms with Crippen molar-refractivity contribution in [1.29, 1.82) is 0 Å². The number of carbonyl (C=O) groups excluding carboxylic acids is 2. The molecule has 1 fully saturated rings. The van der Waals surface area contributed by atoms with E-state index in [-0.39, 0.29) is 12.1 Å². The summed E-state index contributed by atoms with van der Waals surface area (Å²) in [5.74, 6) is -1.33. The van der Waals surface area contributed by atoms with E-state index < -0.39 is 28.4 Å². The van der Waals surface area contributed by atoms with E-state index in [0.29, 0.717) is 34.3 Å². The average molecular weight is 486 g/mol. The normalized spacial score (nSPS) is 19.3. The number of carbonyl (C=O) groups is 2. The smallest absolute Gasteiger partial charge is 0.308 e. The lowest BCUT2D eigenvalue weighted by Crippen LogP contribution is -2.51. The van der Waals surface area contributed by atoms with Crippen LogP contribution in [0.15, 0.2) is 66.7 Å². The predicted molar refractivity (Wildman–Crippen MR) is 125 cm³/mol. The number of nitrogens with zero attached hydrogens (tertiary/aromatic N) is 2. The molecule has 0 saturated carbocycles. The second-order valence-electron chi connectivity index (χ2n) is 7.69. The van der Waals surface area contributed by atoms with E-state index in [1.54, 1.807) is 48.5 Å². The Morgan fingerprint density at radius 1 is 1.06 bits per heavy atom. The number of hydrogen-bond acceptors (Lipinski definition) is 3. The highest BCUT2D eigenvalue weighted by Gasteiger charge is 2.59. The van der Waals surface area contributed by atoms with Gasteiger partial charge in [0.05, 0.1) is 12.2 Å². The molecule has 5 nitrogen and oxygen atoms in total. The van der Waals surface area contributed by atoms with Crippen LogP contribution in [0.25, 0.3) is 0 Å². The van der Waals surface area contributed by atoms with Crippen LogP contribution in [0.5, 0.6) is 0 Å². The molecule has 1 saturated heterocycles. The Labute approximate surface area is 198 Å². The molecule has 0 bridgehead atoms. The van der Waals surface area contributed by atoms with Gasteiger partial charge in [-0.15, -0.1) is 11.8 Å². The highest BCUT2D eigenvalue weighted by Crippen LogP contribution is 2.54. The number of benzene rings is 3. The third kappa shape index (κ3) is 3.54. The minimum absolute atomic E-state index is 0.198. The molecule has 1 atom stereocenters. The van der Waals surface area contributed by atoms with Gasteiger partial charge in [-0.1, -0.05) is 41.9 Å². The molecule has 1 N–H and O–H groups in total. The summed E-state index contributed by atoms with van der Waals surface area (Å²) in [6.45, 7) is 0.0550. The minimum atomic E-state index is -1.32. The summed E-state index contributed by atoms with van der Waals surface area (Å²) in [6, 6.07) is 16.9. The Kier molecular flexibility index (Phi) is 5.50. The first-order chi connectivity index (χ1) is 15.9. The fraction of sp³-hybridized carbons (Fsp3) is 0.167. The van der Waals surface area contributed by atoms with Crippen molar-refractivity contribution in [3.63, 3.8) is 0 Å². The summed E-state index contributed by atoms with van der Waals surface area (Å²) in [5.41, 5.74) is 1.45. The second-order valence-corrected chi connectivity index (χ2v) is 9.42. The number of fused-ring (bicyclic) bond motifs is 2. The van der Waals surface area contributed by atoms with E-state index >= 15 is 0 Å². The van der Waals surface area contributed by atoms with E-state index in [2.05, 4.69) is 5.32 Å². The Bertz CT molecular complexity index is 1250. The Morgan fingerprint density at radius 2 is 1.79 bits per heavy atom. The lowest BCUT2D eigenvalue weighted by molar-refractivity contribution is -0.123. The Morgan fingerprint density at radius 3 is 2.55 bits per heavy atom. The number of thioether (sulfide) groups is 1. The van der Waals surface area contributed by atoms with Crippen LogP contribution in [0.2, 0.25) is 5.02 Å². The third-order valence-corrected chi connectivity index (χ3v) is 7.45. The van der Waals surface area contributed by atoms with Crippen LogP contribution in [0.3, 0.4) is 0 Å². The van der Waals surface area contributed by atoms with Gasteiger partial charge in [0, 0.05) is 34.1 Å². The number of urea groups is 1. The monoisotopic (exact) mass is 485 g/mol. The first-order valence-corrected chi connectivity index (χ1v) is 11.6. The van der Waals surface area contributed by atoms with Crippen molar-refractivity contribution < 1.29 is 18.4 Å². The number of hydrogen-bond donors (Lipinski definition) is 1. The molecule has 2 aliphatic heterocycles. The summed E-state index contributed by atoms with van der Waals surface area (Å²) in [6.07, 6.45) is 0. The van der Waals surface area contributed by atoms with Crippen molar-refractivity contribution in [2.24, 2.45) is 0 Å². The number of anilines is 2. The fourth-order valence-electron chi connectivity index (χ4n) is 4.32. The van der Waals surface area contributed by atoms with Crippen molar-refractivity contribution in [2.45, 2.75) is 11.4 Å². The van der Waals surface area contributed by atoms with E-state index in [1.165, 1.54) is 27.6 Å². The first-order valence-electron chi connectivity index (χ1n) is 10.2. The molecule has 5 rings (SSSR count). The maximum atomic E-state index is 14.4. The van der Waals surface area contributed by atoms with Gasteiger partial charge in [-0.2, -0.15) is 0 Å². The van der Waals surface area contributed by atoms with Gasteiger partial charge in [-0.25, -0.2) is 13.6 Å². The molecule has 0 aromatic heterocycles. The molecule has 2 aliphatic rings. The molecular formula is C24H18ClF2N3O2S. The molecule has 0 radical (unpaired) electrons. The van der Waals surface area contributed by atoms with Crippen molar-refractivity contribution in [3.8, 4) is 0 Å². The molecule has 2 heterocycles. The van der Waals surface area contributed by atoms with Gasteiger partial charge in [0.1, 0.15) is 11.6 Å². The molecule has 1 spiro atoms. The molecule has 3 aromatic carbocycles. The molecule has 0 unspecified atom stereocenters. The van der Waals surface area contributed by atoms with Gasteiger partial charge in [0.15, 0.2) is 4.87 Å². The van der Waals surface area contributed by atoms with Crippen LogP contribution in [-0.2, 0) is 16.2 Å². The third-order valence-electron chi connectivity index (χ3n) is 5.80. The lowest BCUT2D eigenvalue weighted by Gasteiger charge is -2.33. The molecule has 3 aromatic rings. The zero-order chi connectivity index (χ0) is 23.2. The van der Waals surface area contributed by atoms with E-state index in [1.807, 2.05) is 0 Å². The van der Waals surface area contributed by atoms with E-state index in [9.17, 15) is 18.4 Å². The zero-order valence-electron chi connectivity index (χ0n) is 17.2. The summed E-state index contributed by atoms with van der Waals surface area (Å²) in [7, 11) is 0. The van der Waals surface area contributed by atoms with Crippen LogP contribution >= 0.6 is 23.4 Å². The first kappa shape index (κ1) is 21.7. The van der Waals surface area contributed by atoms with Gasteiger partial charge < -0.3 is 10.2 Å². The molecular weight excluding hydrogens is 468 g/mol. The molecule has 9 heteroatoms. The Hall–Kier alpha value is -3.10. The van der Waals surface area contributed by atoms with Crippen LogP contribution < -0.4 is 10.2 Å². The van der Waals surface area contributed by atoms with E-state index in [4.69, 9.17) is 11.6 Å². The highest BCUT2D eigenvalue weighted by atomic mass is 35.5. The maximum absolute atomic E-state index is 14.4. The number of para-hydroxylation sites is 1. The largest absolute Gasteiger partial charge is 0.323 e. The van der Waals surface area contributed by atoms with Crippen LogP contribution in [-0.4, -0.2) is 29.1 Å². The lowest BCUT2D eigenvalue weighted by atomic mass is 10.1. The van der Waals surface area contributed by atoms with Gasteiger partial charge in [0.2, 0.25) is 0 Å². The summed E-state index contributed by atoms with van der Waals surface area (Å²) >= 11 is 7.37. The summed E-state index contributed by atoms with van der Waals surface area (Å²) < 4.78 is 28.8. The molecule has 168 valence electrons. The van der Waals surface area contributed by atoms with Crippen molar-refractivity contribution in [3.05, 3.63) is 94.5 Å². The standard InChI is InChI=1S/C24H18ClF2N3O2S/c25-15-5-3-6-16(13-15)28-23(32)30-11-12-33-24(30)18-7-1-2-10-21(18)29(22(24)31)14-17-19(26)8-4-9-20(17)27/h1-10,13H,11-12,14H2,(H,28,32)/t24-/m0/s1. The fourth-order valence-corrected chi connectivity index (χ4v) is 5.98. The van der Waals surface area contributed by atoms with E-state index in [0.717, 1.165) is 12.1 Å². The van der Waals surface area contributed by atoms with Gasteiger partial charge in [-0.05, 0) is 36.4 Å². The predicted octanol–water partition coefficient (Wildman–Crippen LogP) is 5.60. The van der Waals surface area contributed by atoms with Crippen molar-refractivity contribution in [2.75, 3.05) is 22.5 Å². The van der Waals surface area contributed by atoms with Gasteiger partial charge in [0.25, 0.3) is 5.91 Å². The van der Waals surface area contributed by atoms with Crippen molar-refractivity contribution >= 4 is 46.7 Å². The Balaban J connectivity index is 1.53. The molecule has 3 amide bonds. The summed E-state index contributed by atoms with van der Waals surface area (Å²) in [4.78, 5) is 28.7. The van der Waals surface area contributed by atoms with Gasteiger partial charge in [-0.3, -0.25) is 9.69 Å². The van der Waals surface area contributed by atoms with Gasteiger partial charge >= 0.3 is 6.03 Å².